The van der Waals surface area contributed by atoms with E-state index < -0.39 is 0 Å². The number of carbonyl (C=O) groups is 1. The minimum absolute atomic E-state index is 0.368. The Morgan fingerprint density at radius 3 is 2.59 bits per heavy atom. The third kappa shape index (κ3) is 4.95. The molecule has 2 aromatic carbocycles. The highest BCUT2D eigenvalue weighted by atomic mass is 32.2. The normalized spacial score (nSPS) is 12.3. The van der Waals surface area contributed by atoms with Gasteiger partial charge in [0.15, 0.2) is 11.5 Å². The molecule has 0 radical (unpaired) electrons. The van der Waals surface area contributed by atoms with Crippen molar-refractivity contribution in [2.45, 2.75) is 11.3 Å². The number of benzene rings is 2. The van der Waals surface area contributed by atoms with Crippen LogP contribution in [0.1, 0.15) is 11.1 Å². The van der Waals surface area contributed by atoms with Crippen LogP contribution in [0.15, 0.2) is 58.6 Å². The lowest BCUT2D eigenvalue weighted by Crippen LogP contribution is -2.45. The van der Waals surface area contributed by atoms with Gasteiger partial charge in [0.05, 0.1) is 14.2 Å². The Hall–Kier alpha value is -3.13. The minimum Gasteiger partial charge on any atom is -0.493 e. The van der Waals surface area contributed by atoms with Crippen LogP contribution in [0.25, 0.3) is 6.08 Å². The van der Waals surface area contributed by atoms with Crippen molar-refractivity contribution < 1.29 is 14.3 Å². The molecule has 0 fully saturated rings. The van der Waals surface area contributed by atoms with E-state index in [9.17, 15) is 4.79 Å². The van der Waals surface area contributed by atoms with Crippen LogP contribution in [0.2, 0.25) is 0 Å². The van der Waals surface area contributed by atoms with E-state index in [2.05, 4.69) is 20.6 Å². The average Bonchev–Trinajstić information content (AvgIpc) is 2.91. The van der Waals surface area contributed by atoms with E-state index in [4.69, 9.17) is 9.47 Å². The van der Waals surface area contributed by atoms with Gasteiger partial charge in [0, 0.05) is 17.5 Å². The molecule has 1 aliphatic rings. The summed E-state index contributed by atoms with van der Waals surface area (Å²) < 4.78 is 13.4. The summed E-state index contributed by atoms with van der Waals surface area (Å²) in [4.78, 5) is 17.2. The predicted octanol–water partition coefficient (Wildman–Crippen LogP) is 3.14. The fourth-order valence-corrected chi connectivity index (χ4v) is 3.06. The van der Waals surface area contributed by atoms with Gasteiger partial charge in [-0.15, -0.1) is 0 Å². The molecule has 0 saturated carbocycles. The van der Waals surface area contributed by atoms with Crippen molar-refractivity contribution in [1.29, 1.82) is 0 Å². The molecule has 27 heavy (non-hydrogen) atoms. The number of amides is 2. The molecule has 0 unspecified atom stereocenters. The lowest BCUT2D eigenvalue weighted by molar-refractivity contribution is 0.244. The Kier molecular flexibility index (Phi) is 6.22. The Labute approximate surface area is 162 Å². The van der Waals surface area contributed by atoms with Gasteiger partial charge in [0.2, 0.25) is 0 Å². The zero-order valence-electron chi connectivity index (χ0n) is 15.0. The van der Waals surface area contributed by atoms with Gasteiger partial charge in [-0.25, -0.2) is 15.2 Å². The standard InChI is InChI=1S/C19H20N4O3S/c1-25-16-10-13-8-9-20-18(12-14(13)11-17(16)26-2)21-22-19(24)23-27-15-6-4-3-5-7-15/h3-11H,12H2,1-2H3,(H,20,21)(H2,22,23,24). The lowest BCUT2D eigenvalue weighted by atomic mass is 10.0. The zero-order valence-corrected chi connectivity index (χ0v) is 15.8. The van der Waals surface area contributed by atoms with Crippen molar-refractivity contribution in [1.82, 2.24) is 15.6 Å². The molecule has 2 amide bonds. The fourth-order valence-electron chi connectivity index (χ4n) is 2.50. The van der Waals surface area contributed by atoms with Crippen LogP contribution in [0, 0.1) is 0 Å². The molecular weight excluding hydrogens is 364 g/mol. The van der Waals surface area contributed by atoms with Gasteiger partial charge in [0.1, 0.15) is 5.84 Å². The second kappa shape index (κ2) is 9.00. The van der Waals surface area contributed by atoms with E-state index in [1.54, 1.807) is 20.4 Å². The molecule has 3 N–H and O–H groups in total. The number of aliphatic imine (C=N–C) groups is 1. The highest BCUT2D eigenvalue weighted by Gasteiger charge is 2.14. The summed E-state index contributed by atoms with van der Waals surface area (Å²) >= 11 is 1.23. The van der Waals surface area contributed by atoms with Gasteiger partial charge < -0.3 is 9.47 Å². The van der Waals surface area contributed by atoms with Gasteiger partial charge in [0.25, 0.3) is 0 Å². The fraction of sp³-hybridized carbons (Fsp3) is 0.158. The quantitative estimate of drug-likeness (QED) is 0.557. The van der Waals surface area contributed by atoms with E-state index in [1.165, 1.54) is 11.9 Å². The number of nitrogens with one attached hydrogen (secondary N) is 3. The summed E-state index contributed by atoms with van der Waals surface area (Å²) in [6.45, 7) is 0. The molecule has 2 aromatic rings. The largest absolute Gasteiger partial charge is 0.493 e. The number of nitrogens with zero attached hydrogens (tertiary/aromatic N) is 1. The number of hydrogen-bond donors (Lipinski definition) is 3. The SMILES string of the molecule is COc1cc2c(cc1OC)CC(NNC(=O)NSc1ccccc1)=NC=C2. The molecule has 140 valence electrons. The maximum Gasteiger partial charge on any atom is 0.343 e. The van der Waals surface area contributed by atoms with Crippen LogP contribution < -0.4 is 25.0 Å². The highest BCUT2D eigenvalue weighted by Crippen LogP contribution is 2.32. The molecule has 0 saturated heterocycles. The first-order valence-corrected chi connectivity index (χ1v) is 9.03. The molecule has 0 bridgehead atoms. The summed E-state index contributed by atoms with van der Waals surface area (Å²) in [6, 6.07) is 13.0. The molecular formula is C19H20N4O3S. The van der Waals surface area contributed by atoms with Gasteiger partial charge in [-0.3, -0.25) is 10.1 Å². The van der Waals surface area contributed by atoms with Gasteiger partial charge in [-0.05, 0) is 53.4 Å². The Morgan fingerprint density at radius 1 is 1.11 bits per heavy atom. The molecule has 8 heteroatoms. The second-order valence-electron chi connectivity index (χ2n) is 5.57. The summed E-state index contributed by atoms with van der Waals surface area (Å²) in [7, 11) is 3.20. The number of methoxy groups -OCH3 is 2. The first-order valence-electron chi connectivity index (χ1n) is 8.21. The van der Waals surface area contributed by atoms with Crippen LogP contribution in [-0.4, -0.2) is 26.1 Å². The molecule has 1 heterocycles. The number of ether oxygens (including phenoxy) is 2. The Morgan fingerprint density at radius 2 is 1.85 bits per heavy atom. The second-order valence-corrected chi connectivity index (χ2v) is 6.45. The smallest absolute Gasteiger partial charge is 0.343 e. The van der Waals surface area contributed by atoms with Crippen molar-refractivity contribution >= 4 is 29.9 Å². The van der Waals surface area contributed by atoms with E-state index in [-0.39, 0.29) is 6.03 Å². The number of amidine groups is 1. The number of fused-ring (bicyclic) bond motifs is 1. The summed E-state index contributed by atoms with van der Waals surface area (Å²) in [5, 5.41) is 0. The Bertz CT molecular complexity index is 869. The molecule has 3 rings (SSSR count). The number of rotatable bonds is 4. The van der Waals surface area contributed by atoms with Gasteiger partial charge in [-0.1, -0.05) is 18.2 Å². The third-order valence-corrected chi connectivity index (χ3v) is 4.61. The molecule has 0 atom stereocenters. The van der Waals surface area contributed by atoms with Crippen molar-refractivity contribution in [2.24, 2.45) is 4.99 Å². The third-order valence-electron chi connectivity index (χ3n) is 3.81. The van der Waals surface area contributed by atoms with Crippen molar-refractivity contribution in [3.05, 3.63) is 59.8 Å². The van der Waals surface area contributed by atoms with E-state index in [1.807, 2.05) is 48.5 Å². The van der Waals surface area contributed by atoms with Gasteiger partial charge >= 0.3 is 6.03 Å². The number of hydrogen-bond acceptors (Lipinski definition) is 6. The number of urea groups is 1. The summed E-state index contributed by atoms with van der Waals surface area (Å²) in [5.74, 6) is 1.92. The van der Waals surface area contributed by atoms with Crippen LogP contribution in [0.3, 0.4) is 0 Å². The molecule has 1 aliphatic heterocycles. The van der Waals surface area contributed by atoms with E-state index >= 15 is 0 Å². The first-order chi connectivity index (χ1) is 13.2. The Balaban J connectivity index is 1.58. The minimum atomic E-state index is -0.368. The topological polar surface area (TPSA) is 84.0 Å². The maximum absolute atomic E-state index is 12.0. The van der Waals surface area contributed by atoms with E-state index in [0.29, 0.717) is 23.8 Å². The lowest BCUT2D eigenvalue weighted by Gasteiger charge is -2.14. The zero-order chi connectivity index (χ0) is 19.1. The first kappa shape index (κ1) is 18.7. The average molecular weight is 384 g/mol. The predicted molar refractivity (Wildman–Crippen MR) is 107 cm³/mol. The van der Waals surface area contributed by atoms with Crippen molar-refractivity contribution in [3.63, 3.8) is 0 Å². The number of hydrazine groups is 1. The van der Waals surface area contributed by atoms with Crippen LogP contribution >= 0.6 is 11.9 Å². The van der Waals surface area contributed by atoms with Crippen LogP contribution in [-0.2, 0) is 6.42 Å². The molecule has 0 aromatic heterocycles. The summed E-state index contributed by atoms with van der Waals surface area (Å²) in [6.07, 6.45) is 4.07. The van der Waals surface area contributed by atoms with Gasteiger partial charge in [-0.2, -0.15) is 0 Å². The van der Waals surface area contributed by atoms with Crippen molar-refractivity contribution in [3.8, 4) is 11.5 Å². The number of carbonyl (C=O) groups excluding carboxylic acids is 1. The monoisotopic (exact) mass is 384 g/mol. The molecule has 7 nitrogen and oxygen atoms in total. The summed E-state index contributed by atoms with van der Waals surface area (Å²) in [5.41, 5.74) is 7.44. The molecule has 0 spiro atoms. The van der Waals surface area contributed by atoms with E-state index in [0.717, 1.165) is 16.0 Å². The van der Waals surface area contributed by atoms with Crippen molar-refractivity contribution in [2.75, 3.05) is 14.2 Å². The van der Waals surface area contributed by atoms with Crippen LogP contribution in [0.5, 0.6) is 11.5 Å². The highest BCUT2D eigenvalue weighted by molar-refractivity contribution is 7.98. The van der Waals surface area contributed by atoms with Crippen LogP contribution in [0.4, 0.5) is 4.79 Å². The molecule has 0 aliphatic carbocycles. The maximum atomic E-state index is 12.0.